The van der Waals surface area contributed by atoms with Crippen molar-refractivity contribution in [2.75, 3.05) is 5.75 Å². The number of aromatic nitrogens is 3. The van der Waals surface area contributed by atoms with E-state index >= 15 is 0 Å². The Bertz CT molecular complexity index is 724. The van der Waals surface area contributed by atoms with Gasteiger partial charge in [-0.3, -0.25) is 9.36 Å². The molecule has 1 aromatic carbocycles. The van der Waals surface area contributed by atoms with Gasteiger partial charge in [-0.05, 0) is 32.0 Å². The Labute approximate surface area is 135 Å². The average molecular weight is 346 g/mol. The van der Waals surface area contributed by atoms with Crippen molar-refractivity contribution in [2.45, 2.75) is 25.0 Å². The molecule has 0 spiro atoms. The standard InChI is InChI=1S/C13H13Cl2N3O2S/c1-7(2)18-12(20)16-17-13(18)21-6-11(19)8-3-4-9(14)10(15)5-8/h3-5,7H,6H2,1-2H3,(H,16,20). The summed E-state index contributed by atoms with van der Waals surface area (Å²) in [5.74, 6) is 0.0546. The van der Waals surface area contributed by atoms with Gasteiger partial charge < -0.3 is 0 Å². The number of thioether (sulfide) groups is 1. The van der Waals surface area contributed by atoms with E-state index in [0.29, 0.717) is 20.8 Å². The Morgan fingerprint density at radius 2 is 2.10 bits per heavy atom. The topological polar surface area (TPSA) is 67.8 Å². The van der Waals surface area contributed by atoms with E-state index in [2.05, 4.69) is 10.2 Å². The molecule has 0 saturated carbocycles. The van der Waals surface area contributed by atoms with Gasteiger partial charge in [0.1, 0.15) is 0 Å². The van der Waals surface area contributed by atoms with Crippen molar-refractivity contribution in [2.24, 2.45) is 0 Å². The van der Waals surface area contributed by atoms with Gasteiger partial charge in [-0.1, -0.05) is 35.0 Å². The number of ketones is 1. The van der Waals surface area contributed by atoms with Gasteiger partial charge in [0.25, 0.3) is 0 Å². The van der Waals surface area contributed by atoms with Crippen LogP contribution in [0.2, 0.25) is 10.0 Å². The summed E-state index contributed by atoms with van der Waals surface area (Å²) < 4.78 is 1.51. The van der Waals surface area contributed by atoms with Crippen LogP contribution in [0.25, 0.3) is 0 Å². The number of carbonyl (C=O) groups excluding carboxylic acids is 1. The monoisotopic (exact) mass is 345 g/mol. The van der Waals surface area contributed by atoms with Gasteiger partial charge >= 0.3 is 5.69 Å². The summed E-state index contributed by atoms with van der Waals surface area (Å²) >= 11 is 12.9. The minimum absolute atomic E-state index is 0.0289. The minimum atomic E-state index is -0.283. The van der Waals surface area contributed by atoms with E-state index in [1.165, 1.54) is 22.4 Å². The zero-order chi connectivity index (χ0) is 15.6. The fourth-order valence-electron chi connectivity index (χ4n) is 1.73. The second kappa shape index (κ2) is 6.68. The molecule has 0 unspecified atom stereocenters. The van der Waals surface area contributed by atoms with Crippen molar-refractivity contribution in [1.29, 1.82) is 0 Å². The Hall–Kier alpha value is -1.24. The SMILES string of the molecule is CC(C)n1c(SCC(=O)c2ccc(Cl)c(Cl)c2)n[nH]c1=O. The molecule has 0 saturated heterocycles. The summed E-state index contributed by atoms with van der Waals surface area (Å²) in [6.07, 6.45) is 0. The van der Waals surface area contributed by atoms with Crippen molar-refractivity contribution < 1.29 is 4.79 Å². The lowest BCUT2D eigenvalue weighted by molar-refractivity contribution is 0.102. The molecule has 2 aromatic rings. The highest BCUT2D eigenvalue weighted by atomic mass is 35.5. The number of aromatic amines is 1. The van der Waals surface area contributed by atoms with Gasteiger partial charge in [0, 0.05) is 11.6 Å². The van der Waals surface area contributed by atoms with Crippen molar-refractivity contribution >= 4 is 40.7 Å². The molecule has 0 radical (unpaired) electrons. The van der Waals surface area contributed by atoms with E-state index in [-0.39, 0.29) is 23.3 Å². The number of Topliss-reactive ketones (excluding diaryl/α,β-unsaturated/α-hetero) is 1. The normalized spacial score (nSPS) is 11.1. The van der Waals surface area contributed by atoms with Gasteiger partial charge in [-0.2, -0.15) is 0 Å². The Kier molecular flexibility index (Phi) is 5.13. The number of nitrogens with zero attached hydrogens (tertiary/aromatic N) is 2. The summed E-state index contributed by atoms with van der Waals surface area (Å²) in [6.45, 7) is 3.75. The zero-order valence-electron chi connectivity index (χ0n) is 11.4. The third-order valence-electron chi connectivity index (χ3n) is 2.76. The maximum Gasteiger partial charge on any atom is 0.344 e. The molecule has 112 valence electrons. The summed E-state index contributed by atoms with van der Waals surface area (Å²) in [7, 11) is 0. The molecule has 8 heteroatoms. The molecule has 1 aromatic heterocycles. The van der Waals surface area contributed by atoms with Crippen LogP contribution in [0.15, 0.2) is 28.2 Å². The largest absolute Gasteiger partial charge is 0.344 e. The van der Waals surface area contributed by atoms with E-state index in [1.54, 1.807) is 12.1 Å². The molecular weight excluding hydrogens is 333 g/mol. The second-order valence-electron chi connectivity index (χ2n) is 4.62. The minimum Gasteiger partial charge on any atom is -0.293 e. The molecule has 1 N–H and O–H groups in total. The molecule has 5 nitrogen and oxygen atoms in total. The first-order valence-corrected chi connectivity index (χ1v) is 7.92. The summed E-state index contributed by atoms with van der Waals surface area (Å²) in [5.41, 5.74) is 0.195. The number of halogens is 2. The van der Waals surface area contributed by atoms with Gasteiger partial charge in [-0.25, -0.2) is 9.89 Å². The van der Waals surface area contributed by atoms with E-state index in [9.17, 15) is 9.59 Å². The summed E-state index contributed by atoms with van der Waals surface area (Å²) in [5, 5.41) is 7.54. The number of rotatable bonds is 5. The maximum atomic E-state index is 12.1. The van der Waals surface area contributed by atoms with Gasteiger partial charge in [0.15, 0.2) is 10.9 Å². The molecule has 0 aliphatic rings. The molecule has 0 amide bonds. The van der Waals surface area contributed by atoms with E-state index in [4.69, 9.17) is 23.2 Å². The van der Waals surface area contributed by atoms with Crippen molar-refractivity contribution in [3.8, 4) is 0 Å². The molecule has 2 rings (SSSR count). The first kappa shape index (κ1) is 16.1. The molecular formula is C13H13Cl2N3O2S. The molecule has 0 fully saturated rings. The predicted octanol–water partition coefficient (Wildman–Crippen LogP) is 3.43. The van der Waals surface area contributed by atoms with E-state index in [0.717, 1.165) is 0 Å². The Morgan fingerprint density at radius 1 is 1.38 bits per heavy atom. The molecule has 0 aliphatic carbocycles. The summed E-state index contributed by atoms with van der Waals surface area (Å²) in [4.78, 5) is 23.7. The highest BCUT2D eigenvalue weighted by Gasteiger charge is 2.15. The van der Waals surface area contributed by atoms with Crippen LogP contribution in [0.1, 0.15) is 30.2 Å². The fourth-order valence-corrected chi connectivity index (χ4v) is 3.00. The smallest absolute Gasteiger partial charge is 0.293 e. The van der Waals surface area contributed by atoms with Crippen molar-refractivity contribution in [1.82, 2.24) is 14.8 Å². The zero-order valence-corrected chi connectivity index (χ0v) is 13.7. The third kappa shape index (κ3) is 3.70. The van der Waals surface area contributed by atoms with Crippen LogP contribution in [0, 0.1) is 0 Å². The van der Waals surface area contributed by atoms with Crippen LogP contribution < -0.4 is 5.69 Å². The molecule has 0 bridgehead atoms. The fraction of sp³-hybridized carbons (Fsp3) is 0.308. The maximum absolute atomic E-state index is 12.1. The van der Waals surface area contributed by atoms with E-state index in [1.807, 2.05) is 13.8 Å². The molecule has 0 atom stereocenters. The predicted molar refractivity (Wildman–Crippen MR) is 84.7 cm³/mol. The average Bonchev–Trinajstić information content (AvgIpc) is 2.80. The number of nitrogens with one attached hydrogen (secondary N) is 1. The van der Waals surface area contributed by atoms with Crippen LogP contribution in [0.5, 0.6) is 0 Å². The van der Waals surface area contributed by atoms with Crippen molar-refractivity contribution in [3.63, 3.8) is 0 Å². The summed E-state index contributed by atoms with van der Waals surface area (Å²) in [6, 6.07) is 4.71. The van der Waals surface area contributed by atoms with Crippen LogP contribution in [-0.2, 0) is 0 Å². The molecule has 1 heterocycles. The number of hydrogen-bond donors (Lipinski definition) is 1. The van der Waals surface area contributed by atoms with Crippen LogP contribution in [0.4, 0.5) is 0 Å². The first-order chi connectivity index (χ1) is 9.90. The second-order valence-corrected chi connectivity index (χ2v) is 6.37. The number of carbonyl (C=O) groups is 1. The number of H-pyrrole nitrogens is 1. The number of hydrogen-bond acceptors (Lipinski definition) is 4. The highest BCUT2D eigenvalue weighted by Crippen LogP contribution is 2.24. The van der Waals surface area contributed by atoms with Gasteiger partial charge in [0.2, 0.25) is 0 Å². The van der Waals surface area contributed by atoms with E-state index < -0.39 is 0 Å². The van der Waals surface area contributed by atoms with Crippen LogP contribution >= 0.6 is 35.0 Å². The molecule has 0 aliphatic heterocycles. The van der Waals surface area contributed by atoms with Gasteiger partial charge in [0.05, 0.1) is 15.8 Å². The first-order valence-electron chi connectivity index (χ1n) is 6.18. The Balaban J connectivity index is 2.11. The highest BCUT2D eigenvalue weighted by molar-refractivity contribution is 7.99. The lowest BCUT2D eigenvalue weighted by Gasteiger charge is -2.08. The van der Waals surface area contributed by atoms with Crippen molar-refractivity contribution in [3.05, 3.63) is 44.3 Å². The lowest BCUT2D eigenvalue weighted by atomic mass is 10.1. The number of benzene rings is 1. The quantitative estimate of drug-likeness (QED) is 0.665. The van der Waals surface area contributed by atoms with Gasteiger partial charge in [-0.15, -0.1) is 5.10 Å². The lowest BCUT2D eigenvalue weighted by Crippen LogP contribution is -2.19. The third-order valence-corrected chi connectivity index (χ3v) is 4.45. The molecule has 21 heavy (non-hydrogen) atoms. The Morgan fingerprint density at radius 3 is 2.71 bits per heavy atom. The van der Waals surface area contributed by atoms with Crippen LogP contribution in [0.3, 0.4) is 0 Å². The van der Waals surface area contributed by atoms with Crippen LogP contribution in [-0.4, -0.2) is 26.3 Å².